The molecule has 5 heterocycles. The summed E-state index contributed by atoms with van der Waals surface area (Å²) in [6.45, 7) is 10.1. The van der Waals surface area contributed by atoms with E-state index in [1.165, 1.54) is 34.7 Å². The highest BCUT2D eigenvalue weighted by Gasteiger charge is 2.50. The number of alkyl halides is 1. The minimum Gasteiger partial charge on any atom is -0.455 e. The van der Waals surface area contributed by atoms with Crippen LogP contribution in [0.3, 0.4) is 0 Å². The van der Waals surface area contributed by atoms with Gasteiger partial charge < -0.3 is 29.6 Å². The number of nitro benzene ring substituents is 1. The van der Waals surface area contributed by atoms with E-state index >= 15 is 8.78 Å². The largest absolute Gasteiger partial charge is 0.455 e. The standard InChI is InChI=1S/C52H62F2N8O8S/c1-5-35-30-52(54,18-23-61(35)50(64)69-6-2)32-57-43-14-13-38(25-46(43)62(65)66)71(67,68)58-49(63)41-26-42(53)45(27-47(41)70-37-24-34-15-19-55-48(34)56-31-37)59-21-16-51(17-22-59)28-36(29-51)60-20-9-12-44(60)40-11-8-7-10-39(40)33(3)4/h7-8,10-11,13-15,19,24-27,31,33,35-36,44,57H,5-6,9,12,16-18,20-23,28-30,32H2,1-4H3,(H,55,56)(H,58,63). The number of ether oxygens (including phenoxy) is 2. The van der Waals surface area contributed by atoms with E-state index < -0.39 is 60.6 Å². The van der Waals surface area contributed by atoms with E-state index in [9.17, 15) is 28.1 Å². The van der Waals surface area contributed by atoms with Crippen molar-refractivity contribution in [3.8, 4) is 11.5 Å². The van der Waals surface area contributed by atoms with Crippen molar-refractivity contribution in [1.82, 2.24) is 24.5 Å². The number of pyridine rings is 1. The minimum atomic E-state index is -4.82. The molecule has 4 fully saturated rings. The Morgan fingerprint density at radius 2 is 1.77 bits per heavy atom. The first-order chi connectivity index (χ1) is 34.0. The third-order valence-corrected chi connectivity index (χ3v) is 16.6. The zero-order valence-corrected chi connectivity index (χ0v) is 41.4. The van der Waals surface area contributed by atoms with Crippen LogP contribution in [0.2, 0.25) is 0 Å². The molecule has 3 unspecified atom stereocenters. The van der Waals surface area contributed by atoms with Gasteiger partial charge in [-0.25, -0.2) is 31.7 Å². The van der Waals surface area contributed by atoms with Gasteiger partial charge in [0.15, 0.2) is 0 Å². The summed E-state index contributed by atoms with van der Waals surface area (Å²) in [5.74, 6) is -1.45. The van der Waals surface area contributed by atoms with E-state index in [1.807, 2.05) is 16.5 Å². The first-order valence-corrected chi connectivity index (χ1v) is 26.2. The van der Waals surface area contributed by atoms with Crippen LogP contribution in [-0.4, -0.2) is 102 Å². The average Bonchev–Trinajstić information content (AvgIpc) is 4.03. The van der Waals surface area contributed by atoms with E-state index in [-0.39, 0.29) is 60.8 Å². The average molecular weight is 997 g/mol. The monoisotopic (exact) mass is 996 g/mol. The predicted octanol–water partition coefficient (Wildman–Crippen LogP) is 10.4. The summed E-state index contributed by atoms with van der Waals surface area (Å²) in [7, 11) is -4.82. The molecule has 2 amide bonds. The third kappa shape index (κ3) is 10.3. The maximum absolute atomic E-state index is 16.5. The third-order valence-electron chi connectivity index (χ3n) is 15.3. The van der Waals surface area contributed by atoms with Crippen molar-refractivity contribution in [3.05, 3.63) is 112 Å². The summed E-state index contributed by atoms with van der Waals surface area (Å²) < 4.78 is 73.7. The minimum absolute atomic E-state index is 0.0418. The number of nitro groups is 1. The van der Waals surface area contributed by atoms with Crippen molar-refractivity contribution in [3.63, 3.8) is 0 Å². The predicted molar refractivity (Wildman–Crippen MR) is 266 cm³/mol. The number of fused-ring (bicyclic) bond motifs is 1. The van der Waals surface area contributed by atoms with E-state index in [0.717, 1.165) is 62.9 Å². The normalized spacial score (nSPS) is 21.6. The lowest BCUT2D eigenvalue weighted by Gasteiger charge is -2.56. The number of sulfonamides is 1. The van der Waals surface area contributed by atoms with Gasteiger partial charge in [0.25, 0.3) is 21.6 Å². The number of H-pyrrole nitrogens is 1. The van der Waals surface area contributed by atoms with E-state index in [1.54, 1.807) is 25.3 Å². The number of benzene rings is 3. The van der Waals surface area contributed by atoms with Gasteiger partial charge in [-0.15, -0.1) is 0 Å². The Morgan fingerprint density at radius 1 is 1.00 bits per heavy atom. The highest BCUT2D eigenvalue weighted by molar-refractivity contribution is 7.90. The number of aromatic amines is 1. The lowest BCUT2D eigenvalue weighted by Crippen LogP contribution is -2.55. The fraction of sp³-hybridized carbons (Fsp3) is 0.481. The Kier molecular flexibility index (Phi) is 14.0. The van der Waals surface area contributed by atoms with Crippen LogP contribution in [0.5, 0.6) is 11.5 Å². The van der Waals surface area contributed by atoms with Crippen LogP contribution in [0.25, 0.3) is 11.0 Å². The van der Waals surface area contributed by atoms with Crippen molar-refractivity contribution in [2.75, 3.05) is 49.5 Å². The number of piperidine rings is 2. The van der Waals surface area contributed by atoms with Crippen molar-refractivity contribution in [2.45, 2.75) is 120 Å². The first-order valence-electron chi connectivity index (χ1n) is 24.7. The number of likely N-dealkylation sites (tertiary alicyclic amines) is 2. The molecule has 3 saturated heterocycles. The number of hydrogen-bond donors (Lipinski definition) is 3. The zero-order valence-electron chi connectivity index (χ0n) is 40.6. The van der Waals surface area contributed by atoms with Gasteiger partial charge in [0.1, 0.15) is 34.3 Å². The number of halogens is 2. The number of amides is 2. The number of carbonyl (C=O) groups is 2. The second-order valence-electron chi connectivity index (χ2n) is 20.0. The molecule has 16 nitrogen and oxygen atoms in total. The maximum Gasteiger partial charge on any atom is 0.409 e. The van der Waals surface area contributed by atoms with Gasteiger partial charge in [0, 0.05) is 80.9 Å². The van der Waals surface area contributed by atoms with E-state index in [2.05, 4.69) is 58.3 Å². The number of aromatic nitrogens is 2. The molecule has 2 aromatic heterocycles. The fourth-order valence-corrected chi connectivity index (χ4v) is 12.4. The summed E-state index contributed by atoms with van der Waals surface area (Å²) in [6.07, 6.45) is 9.17. The maximum atomic E-state index is 16.5. The van der Waals surface area contributed by atoms with Crippen LogP contribution < -0.4 is 19.7 Å². The van der Waals surface area contributed by atoms with Gasteiger partial charge in [-0.3, -0.25) is 19.8 Å². The Labute approximate surface area is 412 Å². The molecule has 71 heavy (non-hydrogen) atoms. The molecule has 1 aliphatic carbocycles. The zero-order chi connectivity index (χ0) is 50.2. The molecule has 19 heteroatoms. The molecule has 5 aromatic rings. The number of rotatable bonds is 15. The van der Waals surface area contributed by atoms with Gasteiger partial charge in [-0.2, -0.15) is 0 Å². The molecule has 378 valence electrons. The highest BCUT2D eigenvalue weighted by atomic mass is 32.2. The summed E-state index contributed by atoms with van der Waals surface area (Å²) in [4.78, 5) is 50.9. The number of nitrogens with zero attached hydrogens (tertiary/aromatic N) is 5. The van der Waals surface area contributed by atoms with Gasteiger partial charge in [-0.1, -0.05) is 45.0 Å². The van der Waals surface area contributed by atoms with Crippen molar-refractivity contribution < 1.29 is 41.2 Å². The quantitative estimate of drug-likeness (QED) is 0.0665. The van der Waals surface area contributed by atoms with Crippen LogP contribution in [0, 0.1) is 21.3 Å². The van der Waals surface area contributed by atoms with Gasteiger partial charge in [0.2, 0.25) is 0 Å². The highest BCUT2D eigenvalue weighted by Crippen LogP contribution is 2.54. The number of anilines is 2. The van der Waals surface area contributed by atoms with Gasteiger partial charge in [0.05, 0.1) is 33.9 Å². The Morgan fingerprint density at radius 3 is 2.51 bits per heavy atom. The Hall–Kier alpha value is -6.34. The molecule has 3 aromatic carbocycles. The van der Waals surface area contributed by atoms with Crippen LogP contribution in [0.15, 0.2) is 84.0 Å². The van der Waals surface area contributed by atoms with E-state index in [0.29, 0.717) is 48.5 Å². The smallest absolute Gasteiger partial charge is 0.409 e. The fourth-order valence-electron chi connectivity index (χ4n) is 11.4. The SMILES string of the molecule is CCOC(=O)N1CCC(F)(CNc2ccc(S(=O)(=O)NC(=O)c3cc(F)c(N4CCC5(CC4)CC(N4CCCC4c4ccccc4C(C)C)C5)cc3Oc3cnc4[nH]ccc4c3)cc2[N+](=O)[O-])CC1CC. The number of carbonyl (C=O) groups excluding carboxylic acids is 2. The van der Waals surface area contributed by atoms with Crippen molar-refractivity contribution in [1.29, 1.82) is 0 Å². The molecule has 0 bridgehead atoms. The molecule has 4 aliphatic rings. The first kappa shape index (κ1) is 49.6. The Balaban J connectivity index is 0.903. The molecular formula is C52H62F2N8O8S. The molecule has 0 radical (unpaired) electrons. The molecule has 1 spiro atoms. The molecule has 3 atom stereocenters. The molecule has 9 rings (SSSR count). The second-order valence-corrected chi connectivity index (χ2v) is 21.7. The van der Waals surface area contributed by atoms with Crippen LogP contribution in [-0.2, 0) is 14.8 Å². The summed E-state index contributed by atoms with van der Waals surface area (Å²) in [5, 5.41) is 15.8. The summed E-state index contributed by atoms with van der Waals surface area (Å²) in [6, 6.07) is 18.0. The number of nitrogens with one attached hydrogen (secondary N) is 3. The molecule has 3 aliphatic heterocycles. The van der Waals surface area contributed by atoms with Crippen molar-refractivity contribution in [2.24, 2.45) is 5.41 Å². The van der Waals surface area contributed by atoms with Gasteiger partial charge in [-0.05, 0) is 111 Å². The van der Waals surface area contributed by atoms with Crippen LogP contribution in [0.4, 0.5) is 30.6 Å². The van der Waals surface area contributed by atoms with Crippen LogP contribution in [0.1, 0.15) is 119 Å². The lowest BCUT2D eigenvalue weighted by molar-refractivity contribution is -0.384. The van der Waals surface area contributed by atoms with Crippen molar-refractivity contribution >= 4 is 50.1 Å². The number of hydrogen-bond acceptors (Lipinski definition) is 12. The molecule has 3 N–H and O–H groups in total. The van der Waals surface area contributed by atoms with E-state index in [4.69, 9.17) is 9.47 Å². The summed E-state index contributed by atoms with van der Waals surface area (Å²) in [5.41, 5.74) is 0.682. The van der Waals surface area contributed by atoms with Gasteiger partial charge >= 0.3 is 6.09 Å². The second kappa shape index (κ2) is 20.0. The topological polar surface area (TPSA) is 192 Å². The lowest BCUT2D eigenvalue weighted by atomic mass is 9.59. The molecular weight excluding hydrogens is 935 g/mol. The summed E-state index contributed by atoms with van der Waals surface area (Å²) >= 11 is 0. The Bertz CT molecular complexity index is 2920. The van der Waals surface area contributed by atoms with Crippen LogP contribution >= 0.6 is 0 Å². The molecule has 1 saturated carbocycles.